The second-order valence-corrected chi connectivity index (χ2v) is 14.8. The van der Waals surface area contributed by atoms with Crippen molar-refractivity contribution in [2.24, 2.45) is 11.8 Å². The first-order chi connectivity index (χ1) is 25.1. The number of hydrogen-bond donors (Lipinski definition) is 0. The van der Waals surface area contributed by atoms with E-state index in [4.69, 9.17) is 19.6 Å². The quantitative estimate of drug-likeness (QED) is 0.0913. The van der Waals surface area contributed by atoms with E-state index in [0.29, 0.717) is 23.3 Å². The largest absolute Gasteiger partial charge is 2.00 e. The van der Waals surface area contributed by atoms with Gasteiger partial charge in [-0.2, -0.15) is 16.7 Å². The molecule has 274 valence electrons. The van der Waals surface area contributed by atoms with E-state index in [1.807, 2.05) is 30.3 Å². The molecule has 0 atom stereocenters. The van der Waals surface area contributed by atoms with Gasteiger partial charge in [-0.1, -0.05) is 76.5 Å². The van der Waals surface area contributed by atoms with Crippen LogP contribution in [-0.4, -0.2) is 26.4 Å². The van der Waals surface area contributed by atoms with Gasteiger partial charge in [-0.05, 0) is 91.3 Å². The first-order valence-corrected chi connectivity index (χ1v) is 18.5. The van der Waals surface area contributed by atoms with Crippen LogP contribution in [0.5, 0.6) is 17.2 Å². The number of methoxy groups -OCH3 is 1. The maximum absolute atomic E-state index is 6.63. The SMILES string of the molecule is COc1ccnc(-n2c3[c-]c(Oc4[c-]c(-n5nc(CCC(C)C)c(-c6c(C)cccc6C)c5CCC(C)C)cc(C)c4)ccc3c3ccccc32)c1.[Pd+2]. The van der Waals surface area contributed by atoms with Crippen LogP contribution in [0.3, 0.4) is 0 Å². The Hall–Kier alpha value is -4.70. The predicted octanol–water partition coefficient (Wildman–Crippen LogP) is 11.5. The van der Waals surface area contributed by atoms with Crippen LogP contribution in [0.2, 0.25) is 0 Å². The number of benzene rings is 4. The number of ether oxygens (including phenoxy) is 2. The van der Waals surface area contributed by atoms with Crippen molar-refractivity contribution >= 4 is 21.8 Å². The Morgan fingerprint density at radius 2 is 1.47 bits per heavy atom. The Morgan fingerprint density at radius 1 is 0.736 bits per heavy atom. The van der Waals surface area contributed by atoms with Crippen LogP contribution in [-0.2, 0) is 33.3 Å². The fraction of sp³-hybridized carbons (Fsp3) is 0.304. The number of rotatable bonds is 12. The third-order valence-corrected chi connectivity index (χ3v) is 9.86. The third kappa shape index (κ3) is 7.84. The molecule has 0 bridgehead atoms. The predicted molar refractivity (Wildman–Crippen MR) is 212 cm³/mol. The fourth-order valence-electron chi connectivity index (χ4n) is 7.23. The van der Waals surface area contributed by atoms with E-state index in [2.05, 4.69) is 118 Å². The molecule has 53 heavy (non-hydrogen) atoms. The van der Waals surface area contributed by atoms with Crippen LogP contribution >= 0.6 is 0 Å². The summed E-state index contributed by atoms with van der Waals surface area (Å²) in [6.45, 7) is 15.7. The average Bonchev–Trinajstić information content (AvgIpc) is 3.64. The smallest absolute Gasteiger partial charge is 0.509 e. The molecule has 0 aliphatic rings. The summed E-state index contributed by atoms with van der Waals surface area (Å²) in [5.41, 5.74) is 11.4. The van der Waals surface area contributed by atoms with Crippen LogP contribution < -0.4 is 9.47 Å². The number of aromatic nitrogens is 4. The molecular formula is C46H48N4O2Pd. The molecule has 0 aliphatic carbocycles. The number of para-hydroxylation sites is 1. The molecule has 0 radical (unpaired) electrons. The van der Waals surface area contributed by atoms with E-state index in [9.17, 15) is 0 Å². The van der Waals surface area contributed by atoms with Crippen LogP contribution in [0.4, 0.5) is 0 Å². The molecule has 0 saturated carbocycles. The molecule has 4 aromatic carbocycles. The zero-order valence-electron chi connectivity index (χ0n) is 32.0. The normalized spacial score (nSPS) is 11.5. The molecule has 7 rings (SSSR count). The van der Waals surface area contributed by atoms with Gasteiger partial charge in [-0.15, -0.1) is 35.7 Å². The van der Waals surface area contributed by atoms with Crippen molar-refractivity contribution < 1.29 is 29.9 Å². The van der Waals surface area contributed by atoms with Gasteiger partial charge in [0.2, 0.25) is 0 Å². The monoisotopic (exact) mass is 794 g/mol. The topological polar surface area (TPSA) is 54.1 Å². The molecule has 0 fully saturated rings. The van der Waals surface area contributed by atoms with Gasteiger partial charge < -0.3 is 14.0 Å². The average molecular weight is 795 g/mol. The van der Waals surface area contributed by atoms with Gasteiger partial charge in [0.15, 0.2) is 0 Å². The fourth-order valence-corrected chi connectivity index (χ4v) is 7.23. The van der Waals surface area contributed by atoms with Crippen molar-refractivity contribution in [3.05, 3.63) is 125 Å². The van der Waals surface area contributed by atoms with Crippen molar-refractivity contribution in [2.75, 3.05) is 7.11 Å². The van der Waals surface area contributed by atoms with E-state index < -0.39 is 0 Å². The summed E-state index contributed by atoms with van der Waals surface area (Å²) in [5.74, 6) is 3.85. The summed E-state index contributed by atoms with van der Waals surface area (Å²) in [6, 6.07) is 34.2. The van der Waals surface area contributed by atoms with Gasteiger partial charge in [0.1, 0.15) is 11.6 Å². The van der Waals surface area contributed by atoms with Crippen molar-refractivity contribution in [1.29, 1.82) is 0 Å². The van der Waals surface area contributed by atoms with E-state index in [1.165, 1.54) is 27.9 Å². The summed E-state index contributed by atoms with van der Waals surface area (Å²) in [5, 5.41) is 7.59. The molecule has 7 aromatic rings. The third-order valence-electron chi connectivity index (χ3n) is 9.86. The van der Waals surface area contributed by atoms with Crippen molar-refractivity contribution in [1.82, 2.24) is 19.3 Å². The summed E-state index contributed by atoms with van der Waals surface area (Å²) in [7, 11) is 1.67. The Balaban J connectivity index is 0.00000481. The van der Waals surface area contributed by atoms with Gasteiger partial charge in [0, 0.05) is 40.5 Å². The second kappa shape index (κ2) is 16.1. The van der Waals surface area contributed by atoms with Crippen molar-refractivity contribution in [2.45, 2.75) is 74.1 Å². The number of nitrogens with zero attached hydrogens (tertiary/aromatic N) is 4. The minimum Gasteiger partial charge on any atom is -0.509 e. The standard InChI is InChI=1S/C46H48N4O2.Pd/c1-29(2)16-20-40-46(45-32(6)12-11-13-33(45)7)42(21-17-30(3)4)50(48-40)34-24-31(5)25-37(26-34)52-36-18-19-39-38-14-9-10-15-41(38)49(43(39)27-36)44-28-35(51-8)22-23-47-44;/h9-15,18-19,22-25,28-30H,16-17,20-21H2,1-8H3;/q-2;+2. The van der Waals surface area contributed by atoms with Gasteiger partial charge in [0.05, 0.1) is 12.8 Å². The van der Waals surface area contributed by atoms with E-state index in [-0.39, 0.29) is 20.4 Å². The molecule has 0 saturated heterocycles. The molecule has 0 unspecified atom stereocenters. The van der Waals surface area contributed by atoms with Crippen molar-refractivity contribution in [3.63, 3.8) is 0 Å². The van der Waals surface area contributed by atoms with Crippen LogP contribution in [0.1, 0.15) is 68.6 Å². The van der Waals surface area contributed by atoms with E-state index in [1.54, 1.807) is 13.3 Å². The molecule has 0 aliphatic heterocycles. The minimum absolute atomic E-state index is 0. The Bertz CT molecular complexity index is 2370. The zero-order chi connectivity index (χ0) is 36.5. The molecule has 3 aromatic heterocycles. The maximum atomic E-state index is 6.63. The van der Waals surface area contributed by atoms with Crippen LogP contribution in [0, 0.1) is 44.7 Å². The summed E-state index contributed by atoms with van der Waals surface area (Å²) < 4.78 is 16.4. The number of pyridine rings is 1. The molecule has 0 N–H and O–H groups in total. The van der Waals surface area contributed by atoms with Gasteiger partial charge in [-0.3, -0.25) is 4.68 Å². The summed E-state index contributed by atoms with van der Waals surface area (Å²) in [6.07, 6.45) is 5.74. The van der Waals surface area contributed by atoms with Crippen LogP contribution in [0.15, 0.2) is 85.1 Å². The molecule has 0 spiro atoms. The Morgan fingerprint density at radius 3 is 2.21 bits per heavy atom. The maximum Gasteiger partial charge on any atom is 2.00 e. The van der Waals surface area contributed by atoms with Crippen LogP contribution in [0.25, 0.3) is 44.4 Å². The Labute approximate surface area is 327 Å². The molecular weight excluding hydrogens is 747 g/mol. The Kier molecular flexibility index (Phi) is 11.6. The van der Waals surface area contributed by atoms with E-state index in [0.717, 1.165) is 76.0 Å². The molecule has 6 nitrogen and oxygen atoms in total. The van der Waals surface area contributed by atoms with Gasteiger partial charge >= 0.3 is 20.4 Å². The number of fused-ring (bicyclic) bond motifs is 3. The number of hydrogen-bond acceptors (Lipinski definition) is 4. The summed E-state index contributed by atoms with van der Waals surface area (Å²) in [4.78, 5) is 4.71. The molecule has 7 heteroatoms. The first kappa shape index (κ1) is 38.0. The molecule has 3 heterocycles. The molecule has 0 amide bonds. The number of aryl methyl sites for hydroxylation is 4. The zero-order valence-corrected chi connectivity index (χ0v) is 33.5. The van der Waals surface area contributed by atoms with Gasteiger partial charge in [-0.25, -0.2) is 4.98 Å². The second-order valence-electron chi connectivity index (χ2n) is 14.8. The minimum atomic E-state index is 0. The van der Waals surface area contributed by atoms with Crippen molar-refractivity contribution in [3.8, 4) is 39.9 Å². The first-order valence-electron chi connectivity index (χ1n) is 18.5. The summed E-state index contributed by atoms with van der Waals surface area (Å²) >= 11 is 0. The van der Waals surface area contributed by atoms with E-state index >= 15 is 0 Å². The van der Waals surface area contributed by atoms with Gasteiger partial charge in [0.25, 0.3) is 0 Å².